The van der Waals surface area contributed by atoms with Gasteiger partial charge in [-0.05, 0) is 62.2 Å². The van der Waals surface area contributed by atoms with Gasteiger partial charge < -0.3 is 20.1 Å². The number of amides is 3. The Morgan fingerprint density at radius 2 is 1.79 bits per heavy atom. The fourth-order valence-corrected chi connectivity index (χ4v) is 2.98. The number of nitrogens with one attached hydrogen (secondary N) is 3. The standard InChI is InChI=1S/C23H26Cl2N4O5/c1-4-14(3)27-22(31)23(32)29-26-12-15-6-9-19(20(10-15)33-5-2)34-13-21(30)28-18-8-7-16(24)11-17(18)25/h6-12,14H,4-5,13H2,1-3H3,(H,27,31)(H,28,30)(H,29,32)/b26-12-/t14-/m1/s1. The monoisotopic (exact) mass is 508 g/mol. The Kier molecular flexibility index (Phi) is 10.6. The van der Waals surface area contributed by atoms with Gasteiger partial charge in [-0.1, -0.05) is 30.1 Å². The minimum atomic E-state index is -0.867. The van der Waals surface area contributed by atoms with Crippen LogP contribution in [0.4, 0.5) is 5.69 Å². The lowest BCUT2D eigenvalue weighted by Crippen LogP contribution is -2.41. The molecule has 0 radical (unpaired) electrons. The molecule has 3 amide bonds. The van der Waals surface area contributed by atoms with Crippen LogP contribution in [0.5, 0.6) is 11.5 Å². The van der Waals surface area contributed by atoms with Gasteiger partial charge in [0.1, 0.15) is 0 Å². The van der Waals surface area contributed by atoms with E-state index in [-0.39, 0.29) is 12.6 Å². The third kappa shape index (κ3) is 8.57. The highest BCUT2D eigenvalue weighted by Crippen LogP contribution is 2.29. The highest BCUT2D eigenvalue weighted by atomic mass is 35.5. The van der Waals surface area contributed by atoms with Gasteiger partial charge in [0, 0.05) is 11.1 Å². The number of benzene rings is 2. The molecule has 0 aliphatic carbocycles. The van der Waals surface area contributed by atoms with E-state index in [4.69, 9.17) is 32.7 Å². The average Bonchev–Trinajstić information content (AvgIpc) is 2.80. The number of hydrogen-bond acceptors (Lipinski definition) is 6. The summed E-state index contributed by atoms with van der Waals surface area (Å²) in [6.07, 6.45) is 2.06. The van der Waals surface area contributed by atoms with Crippen molar-refractivity contribution < 1.29 is 23.9 Å². The summed E-state index contributed by atoms with van der Waals surface area (Å²) in [6, 6.07) is 9.49. The average molecular weight is 509 g/mol. The van der Waals surface area contributed by atoms with E-state index < -0.39 is 17.7 Å². The number of halogens is 2. The van der Waals surface area contributed by atoms with Crippen molar-refractivity contribution in [2.24, 2.45) is 5.10 Å². The molecule has 0 bridgehead atoms. The van der Waals surface area contributed by atoms with Crippen LogP contribution in [0.25, 0.3) is 0 Å². The molecule has 2 aromatic rings. The van der Waals surface area contributed by atoms with Crippen LogP contribution in [-0.2, 0) is 14.4 Å². The van der Waals surface area contributed by atoms with Gasteiger partial charge in [-0.2, -0.15) is 5.10 Å². The van der Waals surface area contributed by atoms with Gasteiger partial charge in [0.2, 0.25) is 0 Å². The van der Waals surface area contributed by atoms with Gasteiger partial charge in [0.15, 0.2) is 18.1 Å². The van der Waals surface area contributed by atoms with Crippen LogP contribution in [0.1, 0.15) is 32.8 Å². The molecular formula is C23H26Cl2N4O5. The van der Waals surface area contributed by atoms with E-state index in [1.807, 2.05) is 6.92 Å². The van der Waals surface area contributed by atoms with Crippen molar-refractivity contribution >= 4 is 52.8 Å². The van der Waals surface area contributed by atoms with Crippen molar-refractivity contribution in [2.75, 3.05) is 18.5 Å². The Hall–Kier alpha value is -3.30. The summed E-state index contributed by atoms with van der Waals surface area (Å²) >= 11 is 11.9. The molecule has 0 aromatic heterocycles. The topological polar surface area (TPSA) is 118 Å². The zero-order valence-corrected chi connectivity index (χ0v) is 20.5. The number of ether oxygens (including phenoxy) is 2. The molecule has 11 heteroatoms. The van der Waals surface area contributed by atoms with E-state index in [1.165, 1.54) is 12.3 Å². The summed E-state index contributed by atoms with van der Waals surface area (Å²) in [5.74, 6) is -1.33. The second kappa shape index (κ2) is 13.4. The number of carbonyl (C=O) groups is 3. The number of rotatable bonds is 10. The van der Waals surface area contributed by atoms with E-state index in [0.29, 0.717) is 45.8 Å². The van der Waals surface area contributed by atoms with Gasteiger partial charge in [-0.15, -0.1) is 0 Å². The quantitative estimate of drug-likeness (QED) is 0.256. The van der Waals surface area contributed by atoms with E-state index in [0.717, 1.165) is 0 Å². The smallest absolute Gasteiger partial charge is 0.329 e. The van der Waals surface area contributed by atoms with E-state index in [2.05, 4.69) is 21.2 Å². The first kappa shape index (κ1) is 26.9. The summed E-state index contributed by atoms with van der Waals surface area (Å²) in [5, 5.41) is 9.75. The number of anilines is 1. The van der Waals surface area contributed by atoms with Gasteiger partial charge in [0.05, 0.1) is 23.5 Å². The van der Waals surface area contributed by atoms with E-state index >= 15 is 0 Å². The fourth-order valence-electron chi connectivity index (χ4n) is 2.52. The second-order valence-electron chi connectivity index (χ2n) is 7.08. The molecule has 0 aliphatic heterocycles. The molecule has 2 rings (SSSR count). The van der Waals surface area contributed by atoms with Crippen molar-refractivity contribution in [3.8, 4) is 11.5 Å². The minimum absolute atomic E-state index is 0.117. The number of carbonyl (C=O) groups excluding carboxylic acids is 3. The molecule has 2 aromatic carbocycles. The lowest BCUT2D eigenvalue weighted by molar-refractivity contribution is -0.139. The van der Waals surface area contributed by atoms with Crippen molar-refractivity contribution in [1.29, 1.82) is 0 Å². The van der Waals surface area contributed by atoms with Crippen molar-refractivity contribution in [3.05, 3.63) is 52.0 Å². The van der Waals surface area contributed by atoms with Crippen LogP contribution in [0.2, 0.25) is 10.0 Å². The van der Waals surface area contributed by atoms with E-state index in [1.54, 1.807) is 44.2 Å². The summed E-state index contributed by atoms with van der Waals surface area (Å²) in [5.41, 5.74) is 3.16. The fraction of sp³-hybridized carbons (Fsp3) is 0.304. The molecule has 0 aliphatic rings. The Morgan fingerprint density at radius 1 is 1.03 bits per heavy atom. The SMILES string of the molecule is CCOc1cc(/C=N\NC(=O)C(=O)N[C@H](C)CC)ccc1OCC(=O)Nc1ccc(Cl)cc1Cl. The maximum absolute atomic E-state index is 12.2. The van der Waals surface area contributed by atoms with Gasteiger partial charge in [-0.25, -0.2) is 5.43 Å². The van der Waals surface area contributed by atoms with Crippen LogP contribution >= 0.6 is 23.2 Å². The molecule has 0 heterocycles. The highest BCUT2D eigenvalue weighted by Gasteiger charge is 2.14. The molecule has 0 saturated heterocycles. The maximum atomic E-state index is 12.2. The molecular weight excluding hydrogens is 483 g/mol. The molecule has 182 valence electrons. The summed E-state index contributed by atoms with van der Waals surface area (Å²) < 4.78 is 11.2. The van der Waals surface area contributed by atoms with Crippen LogP contribution in [-0.4, -0.2) is 43.2 Å². The molecule has 34 heavy (non-hydrogen) atoms. The minimum Gasteiger partial charge on any atom is -0.490 e. The summed E-state index contributed by atoms with van der Waals surface area (Å²) in [6.45, 7) is 5.57. The van der Waals surface area contributed by atoms with Crippen LogP contribution < -0.4 is 25.5 Å². The first-order valence-electron chi connectivity index (χ1n) is 10.5. The maximum Gasteiger partial charge on any atom is 0.329 e. The number of nitrogens with zero attached hydrogens (tertiary/aromatic N) is 1. The van der Waals surface area contributed by atoms with Gasteiger partial charge in [-0.3, -0.25) is 14.4 Å². The summed E-state index contributed by atoms with van der Waals surface area (Å²) in [4.78, 5) is 35.8. The van der Waals surface area contributed by atoms with Gasteiger partial charge >= 0.3 is 11.8 Å². The van der Waals surface area contributed by atoms with Crippen molar-refractivity contribution in [2.45, 2.75) is 33.2 Å². The zero-order chi connectivity index (χ0) is 25.1. The molecule has 3 N–H and O–H groups in total. The Bertz CT molecular complexity index is 1060. The molecule has 9 nitrogen and oxygen atoms in total. The molecule has 0 saturated carbocycles. The largest absolute Gasteiger partial charge is 0.490 e. The van der Waals surface area contributed by atoms with Crippen LogP contribution in [0, 0.1) is 0 Å². The zero-order valence-electron chi connectivity index (χ0n) is 19.0. The Labute approximate surface area is 207 Å². The third-order valence-corrected chi connectivity index (χ3v) is 4.96. The van der Waals surface area contributed by atoms with Crippen molar-refractivity contribution in [1.82, 2.24) is 10.7 Å². The van der Waals surface area contributed by atoms with E-state index in [9.17, 15) is 14.4 Å². The molecule has 0 spiro atoms. The lowest BCUT2D eigenvalue weighted by Gasteiger charge is -2.13. The second-order valence-corrected chi connectivity index (χ2v) is 7.93. The lowest BCUT2D eigenvalue weighted by atomic mass is 10.2. The first-order chi connectivity index (χ1) is 16.2. The first-order valence-corrected chi connectivity index (χ1v) is 11.3. The normalized spacial score (nSPS) is 11.6. The Balaban J connectivity index is 1.97. The van der Waals surface area contributed by atoms with Crippen LogP contribution in [0.15, 0.2) is 41.5 Å². The molecule has 0 unspecified atom stereocenters. The van der Waals surface area contributed by atoms with Gasteiger partial charge in [0.25, 0.3) is 5.91 Å². The van der Waals surface area contributed by atoms with Crippen molar-refractivity contribution in [3.63, 3.8) is 0 Å². The third-order valence-electron chi connectivity index (χ3n) is 4.41. The molecule has 0 fully saturated rings. The highest BCUT2D eigenvalue weighted by molar-refractivity contribution is 6.36. The molecule has 1 atom stereocenters. The number of hydrazone groups is 1. The predicted octanol–water partition coefficient (Wildman–Crippen LogP) is 3.77. The Morgan fingerprint density at radius 3 is 2.47 bits per heavy atom. The summed E-state index contributed by atoms with van der Waals surface area (Å²) in [7, 11) is 0. The number of hydrogen-bond donors (Lipinski definition) is 3. The predicted molar refractivity (Wildman–Crippen MR) is 132 cm³/mol. The van der Waals surface area contributed by atoms with Crippen LogP contribution in [0.3, 0.4) is 0 Å².